The lowest BCUT2D eigenvalue weighted by Crippen LogP contribution is -2.22. The van der Waals surface area contributed by atoms with E-state index < -0.39 is 0 Å². The van der Waals surface area contributed by atoms with Gasteiger partial charge in [0.15, 0.2) is 4.96 Å². The SMILES string of the molecule is CCNC(=O)c1cccc(NC(=O)C=Cc2c(C)nc3sc(C)cn23)c1. The summed E-state index contributed by atoms with van der Waals surface area (Å²) in [6, 6.07) is 6.85. The zero-order valence-electron chi connectivity index (χ0n) is 14.9. The Bertz CT molecular complexity index is 1000. The summed E-state index contributed by atoms with van der Waals surface area (Å²) in [4.78, 5) is 30.7. The summed E-state index contributed by atoms with van der Waals surface area (Å²) in [6.45, 7) is 6.36. The van der Waals surface area contributed by atoms with Gasteiger partial charge in [-0.3, -0.25) is 14.0 Å². The summed E-state index contributed by atoms with van der Waals surface area (Å²) in [5, 5.41) is 5.52. The van der Waals surface area contributed by atoms with Crippen molar-refractivity contribution in [3.05, 3.63) is 58.4 Å². The van der Waals surface area contributed by atoms with Crippen LogP contribution in [0.3, 0.4) is 0 Å². The standard InChI is InChI=1S/C19H20N4O2S/c1-4-20-18(25)14-6-5-7-15(10-14)22-17(24)9-8-16-13(3)21-19-23(16)11-12(2)26-19/h5-11H,4H2,1-3H3,(H,20,25)(H,22,24). The first-order valence-corrected chi connectivity index (χ1v) is 9.12. The monoisotopic (exact) mass is 368 g/mol. The molecule has 0 fully saturated rings. The molecule has 0 bridgehead atoms. The number of rotatable bonds is 5. The summed E-state index contributed by atoms with van der Waals surface area (Å²) in [7, 11) is 0. The number of amides is 2. The Morgan fingerprint density at radius 2 is 2.12 bits per heavy atom. The van der Waals surface area contributed by atoms with E-state index in [1.807, 2.05) is 31.4 Å². The molecule has 0 aliphatic rings. The fourth-order valence-corrected chi connectivity index (χ4v) is 3.50. The van der Waals surface area contributed by atoms with Crippen molar-refractivity contribution in [2.75, 3.05) is 11.9 Å². The Labute approximate surface area is 155 Å². The number of nitrogens with zero attached hydrogens (tertiary/aromatic N) is 2. The van der Waals surface area contributed by atoms with E-state index in [4.69, 9.17) is 0 Å². The third-order valence-corrected chi connectivity index (χ3v) is 4.68. The van der Waals surface area contributed by atoms with E-state index in [1.54, 1.807) is 41.7 Å². The lowest BCUT2D eigenvalue weighted by Gasteiger charge is -2.06. The lowest BCUT2D eigenvalue weighted by molar-refractivity contribution is -0.111. The molecule has 2 aromatic heterocycles. The molecule has 6 nitrogen and oxygen atoms in total. The van der Waals surface area contributed by atoms with E-state index in [1.165, 1.54) is 6.08 Å². The fraction of sp³-hybridized carbons (Fsp3) is 0.211. The number of hydrogen-bond acceptors (Lipinski definition) is 4. The number of aromatic nitrogens is 2. The van der Waals surface area contributed by atoms with E-state index in [0.717, 1.165) is 21.2 Å². The van der Waals surface area contributed by atoms with Crippen LogP contribution in [0.2, 0.25) is 0 Å². The fourth-order valence-electron chi connectivity index (χ4n) is 2.62. The van der Waals surface area contributed by atoms with Crippen LogP contribution in [0, 0.1) is 13.8 Å². The van der Waals surface area contributed by atoms with E-state index >= 15 is 0 Å². The highest BCUT2D eigenvalue weighted by atomic mass is 32.1. The number of aryl methyl sites for hydroxylation is 2. The molecule has 134 valence electrons. The van der Waals surface area contributed by atoms with Crippen molar-refractivity contribution >= 4 is 39.9 Å². The highest BCUT2D eigenvalue weighted by molar-refractivity contribution is 7.17. The van der Waals surface area contributed by atoms with Gasteiger partial charge >= 0.3 is 0 Å². The zero-order valence-corrected chi connectivity index (χ0v) is 15.7. The predicted octanol–water partition coefficient (Wildman–Crippen LogP) is 3.41. The minimum absolute atomic E-state index is 0.163. The second kappa shape index (κ2) is 7.53. The Balaban J connectivity index is 1.74. The summed E-state index contributed by atoms with van der Waals surface area (Å²) in [5.41, 5.74) is 2.84. The van der Waals surface area contributed by atoms with Crippen molar-refractivity contribution in [2.24, 2.45) is 0 Å². The lowest BCUT2D eigenvalue weighted by atomic mass is 10.2. The second-order valence-corrected chi connectivity index (χ2v) is 7.05. The third kappa shape index (κ3) is 3.83. The average molecular weight is 368 g/mol. The average Bonchev–Trinajstić information content (AvgIpc) is 3.08. The van der Waals surface area contributed by atoms with Crippen LogP contribution in [-0.2, 0) is 4.79 Å². The molecule has 0 atom stereocenters. The minimum Gasteiger partial charge on any atom is -0.352 e. The molecule has 1 aromatic carbocycles. The maximum atomic E-state index is 12.2. The van der Waals surface area contributed by atoms with Gasteiger partial charge in [0.25, 0.3) is 5.91 Å². The number of anilines is 1. The highest BCUT2D eigenvalue weighted by Crippen LogP contribution is 2.21. The number of carbonyl (C=O) groups is 2. The molecule has 7 heteroatoms. The van der Waals surface area contributed by atoms with Gasteiger partial charge in [0.1, 0.15) is 0 Å². The number of nitrogens with one attached hydrogen (secondary N) is 2. The quantitative estimate of drug-likeness (QED) is 0.678. The minimum atomic E-state index is -0.264. The first-order valence-electron chi connectivity index (χ1n) is 8.30. The first-order chi connectivity index (χ1) is 12.5. The summed E-state index contributed by atoms with van der Waals surface area (Å²) in [6.07, 6.45) is 5.24. The van der Waals surface area contributed by atoms with Crippen LogP contribution >= 0.6 is 11.3 Å². The maximum Gasteiger partial charge on any atom is 0.251 e. The summed E-state index contributed by atoms with van der Waals surface area (Å²) >= 11 is 1.61. The van der Waals surface area contributed by atoms with Crippen molar-refractivity contribution < 1.29 is 9.59 Å². The van der Waals surface area contributed by atoms with Crippen LogP contribution in [0.4, 0.5) is 5.69 Å². The number of imidazole rings is 1. The van der Waals surface area contributed by atoms with Crippen molar-refractivity contribution in [3.8, 4) is 0 Å². The van der Waals surface area contributed by atoms with E-state index in [2.05, 4.69) is 15.6 Å². The normalized spacial score (nSPS) is 11.2. The van der Waals surface area contributed by atoms with Crippen molar-refractivity contribution in [2.45, 2.75) is 20.8 Å². The Morgan fingerprint density at radius 1 is 1.31 bits per heavy atom. The molecule has 3 rings (SSSR count). The summed E-state index contributed by atoms with van der Waals surface area (Å²) in [5.74, 6) is -0.427. The topological polar surface area (TPSA) is 75.5 Å². The van der Waals surface area contributed by atoms with Crippen LogP contribution in [0.5, 0.6) is 0 Å². The number of thiazole rings is 1. The molecule has 0 unspecified atom stereocenters. The smallest absolute Gasteiger partial charge is 0.251 e. The summed E-state index contributed by atoms with van der Waals surface area (Å²) < 4.78 is 1.98. The van der Waals surface area contributed by atoms with Gasteiger partial charge in [-0.15, -0.1) is 11.3 Å². The molecular formula is C19H20N4O2S. The van der Waals surface area contributed by atoms with Crippen LogP contribution in [0.15, 0.2) is 36.5 Å². The van der Waals surface area contributed by atoms with Gasteiger partial charge < -0.3 is 10.6 Å². The van der Waals surface area contributed by atoms with Crippen LogP contribution < -0.4 is 10.6 Å². The van der Waals surface area contributed by atoms with Gasteiger partial charge in [0, 0.05) is 34.9 Å². The molecular weight excluding hydrogens is 348 g/mol. The van der Waals surface area contributed by atoms with Crippen LogP contribution in [0.1, 0.15) is 33.5 Å². The van der Waals surface area contributed by atoms with Gasteiger partial charge in [-0.25, -0.2) is 4.98 Å². The van der Waals surface area contributed by atoms with Gasteiger partial charge in [0.05, 0.1) is 11.4 Å². The third-order valence-electron chi connectivity index (χ3n) is 3.79. The molecule has 0 aliphatic carbocycles. The molecule has 0 saturated heterocycles. The molecule has 0 spiro atoms. The molecule has 2 heterocycles. The van der Waals surface area contributed by atoms with Gasteiger partial charge in [0.2, 0.25) is 5.91 Å². The predicted molar refractivity (Wildman–Crippen MR) is 105 cm³/mol. The molecule has 0 aliphatic heterocycles. The number of carbonyl (C=O) groups excluding carboxylic acids is 2. The Morgan fingerprint density at radius 3 is 2.88 bits per heavy atom. The van der Waals surface area contributed by atoms with Crippen molar-refractivity contribution in [1.29, 1.82) is 0 Å². The molecule has 0 saturated carbocycles. The molecule has 26 heavy (non-hydrogen) atoms. The molecule has 2 N–H and O–H groups in total. The Hall–Kier alpha value is -2.93. The van der Waals surface area contributed by atoms with Gasteiger partial charge in [-0.05, 0) is 45.0 Å². The highest BCUT2D eigenvalue weighted by Gasteiger charge is 2.09. The maximum absolute atomic E-state index is 12.2. The molecule has 3 aromatic rings. The van der Waals surface area contributed by atoms with E-state index in [0.29, 0.717) is 17.8 Å². The van der Waals surface area contributed by atoms with Crippen LogP contribution in [0.25, 0.3) is 11.0 Å². The molecule has 0 radical (unpaired) electrons. The van der Waals surface area contributed by atoms with Crippen molar-refractivity contribution in [1.82, 2.24) is 14.7 Å². The zero-order chi connectivity index (χ0) is 18.7. The first kappa shape index (κ1) is 17.9. The Kier molecular flexibility index (Phi) is 5.18. The number of fused-ring (bicyclic) bond motifs is 1. The number of hydrogen-bond donors (Lipinski definition) is 2. The molecule has 2 amide bonds. The van der Waals surface area contributed by atoms with Crippen molar-refractivity contribution in [3.63, 3.8) is 0 Å². The number of benzene rings is 1. The largest absolute Gasteiger partial charge is 0.352 e. The van der Waals surface area contributed by atoms with E-state index in [9.17, 15) is 9.59 Å². The van der Waals surface area contributed by atoms with Gasteiger partial charge in [-0.2, -0.15) is 0 Å². The van der Waals surface area contributed by atoms with Crippen LogP contribution in [-0.4, -0.2) is 27.7 Å². The van der Waals surface area contributed by atoms with E-state index in [-0.39, 0.29) is 11.8 Å². The second-order valence-electron chi connectivity index (χ2n) is 5.84. The van der Waals surface area contributed by atoms with Gasteiger partial charge in [-0.1, -0.05) is 6.07 Å².